The highest BCUT2D eigenvalue weighted by molar-refractivity contribution is 5.60. The van der Waals surface area contributed by atoms with Crippen molar-refractivity contribution < 1.29 is 14.6 Å². The number of nitrogens with zero attached hydrogens (tertiary/aromatic N) is 1. The van der Waals surface area contributed by atoms with Crippen LogP contribution in [0, 0.1) is 5.41 Å². The molecule has 2 rings (SSSR count). The van der Waals surface area contributed by atoms with Crippen molar-refractivity contribution in [2.75, 3.05) is 26.8 Å². The molecule has 0 aromatic carbocycles. The van der Waals surface area contributed by atoms with Gasteiger partial charge in [-0.15, -0.1) is 0 Å². The molecular formula is C13H23NO3. The number of carbonyl (C=O) groups is 1. The molecule has 17 heavy (non-hydrogen) atoms. The van der Waals surface area contributed by atoms with Crippen LogP contribution in [0.1, 0.15) is 32.1 Å². The zero-order chi connectivity index (χ0) is 12.3. The topological polar surface area (TPSA) is 49.8 Å². The summed E-state index contributed by atoms with van der Waals surface area (Å²) in [7, 11) is 2.02. The Kier molecular flexibility index (Phi) is 4.17. The minimum atomic E-state index is -0.341. The van der Waals surface area contributed by atoms with Crippen molar-refractivity contribution in [1.29, 1.82) is 0 Å². The first-order chi connectivity index (χ1) is 8.17. The van der Waals surface area contributed by atoms with Crippen LogP contribution in [0.5, 0.6) is 0 Å². The lowest BCUT2D eigenvalue weighted by molar-refractivity contribution is -0.118. The molecule has 1 N–H and O–H groups in total. The minimum Gasteiger partial charge on any atom is -0.391 e. The normalized spacial score (nSPS) is 38.5. The Hall–Kier alpha value is -0.450. The third kappa shape index (κ3) is 2.87. The summed E-state index contributed by atoms with van der Waals surface area (Å²) >= 11 is 0. The quantitative estimate of drug-likeness (QED) is 0.741. The van der Waals surface area contributed by atoms with E-state index in [1.165, 1.54) is 6.42 Å². The number of rotatable bonds is 4. The molecule has 2 aliphatic rings. The van der Waals surface area contributed by atoms with Crippen molar-refractivity contribution in [3.63, 3.8) is 0 Å². The van der Waals surface area contributed by atoms with Gasteiger partial charge in [-0.05, 0) is 26.3 Å². The van der Waals surface area contributed by atoms with E-state index in [9.17, 15) is 9.90 Å². The summed E-state index contributed by atoms with van der Waals surface area (Å²) < 4.78 is 5.35. The van der Waals surface area contributed by atoms with Crippen LogP contribution >= 0.6 is 0 Å². The number of hydrogen-bond donors (Lipinski definition) is 1. The Labute approximate surface area is 103 Å². The zero-order valence-corrected chi connectivity index (χ0v) is 10.6. The lowest BCUT2D eigenvalue weighted by atomic mass is 9.86. The van der Waals surface area contributed by atoms with Crippen molar-refractivity contribution in [3.8, 4) is 0 Å². The second-order valence-electron chi connectivity index (χ2n) is 5.62. The highest BCUT2D eigenvalue weighted by Gasteiger charge is 2.38. The van der Waals surface area contributed by atoms with E-state index < -0.39 is 0 Å². The maximum atomic E-state index is 11.3. The molecule has 0 bridgehead atoms. The Morgan fingerprint density at radius 1 is 1.47 bits per heavy atom. The summed E-state index contributed by atoms with van der Waals surface area (Å²) in [6.07, 6.45) is 5.84. The van der Waals surface area contributed by atoms with Gasteiger partial charge >= 0.3 is 0 Å². The second kappa shape index (κ2) is 5.46. The van der Waals surface area contributed by atoms with Crippen LogP contribution in [0.15, 0.2) is 0 Å². The number of ether oxygens (including phenoxy) is 1. The van der Waals surface area contributed by atoms with Crippen molar-refractivity contribution in [1.82, 2.24) is 4.90 Å². The molecule has 98 valence electrons. The van der Waals surface area contributed by atoms with Crippen LogP contribution in [-0.2, 0) is 9.53 Å². The average Bonchev–Trinajstić information content (AvgIpc) is 2.79. The molecule has 1 aliphatic heterocycles. The van der Waals surface area contributed by atoms with Gasteiger partial charge in [-0.2, -0.15) is 0 Å². The molecule has 3 atom stereocenters. The first kappa shape index (κ1) is 13.0. The van der Waals surface area contributed by atoms with Crippen molar-refractivity contribution in [3.05, 3.63) is 0 Å². The lowest BCUT2D eigenvalue weighted by Gasteiger charge is -2.38. The number of carbonyl (C=O) groups excluding carboxylic acids is 1. The molecule has 1 heterocycles. The molecule has 0 radical (unpaired) electrons. The number of likely N-dealkylation sites (N-methyl/N-ethyl adjacent to an activating group) is 1. The Morgan fingerprint density at radius 2 is 2.24 bits per heavy atom. The van der Waals surface area contributed by atoms with Gasteiger partial charge in [0.25, 0.3) is 0 Å². The second-order valence-corrected chi connectivity index (χ2v) is 5.62. The minimum absolute atomic E-state index is 0.209. The molecule has 4 heteroatoms. The standard InChI is InChI=1S/C13H23NO3/c1-14(11-4-2-3-5-12(11)16)8-13(9-15)6-7-17-10-13/h9,11-12,16H,2-8,10H2,1H3. The third-order valence-corrected chi connectivity index (χ3v) is 4.21. The average molecular weight is 241 g/mol. The fraction of sp³-hybridized carbons (Fsp3) is 0.923. The predicted octanol–water partition coefficient (Wildman–Crippen LogP) is 0.827. The summed E-state index contributed by atoms with van der Waals surface area (Å²) in [6.45, 7) is 1.92. The van der Waals surface area contributed by atoms with Crippen molar-refractivity contribution >= 4 is 6.29 Å². The smallest absolute Gasteiger partial charge is 0.129 e. The Bertz CT molecular complexity index is 263. The van der Waals surface area contributed by atoms with Gasteiger partial charge in [0, 0.05) is 19.2 Å². The molecule has 1 aliphatic carbocycles. The molecule has 0 aromatic heterocycles. The van der Waals surface area contributed by atoms with E-state index in [4.69, 9.17) is 4.74 Å². The molecule has 0 amide bonds. The Morgan fingerprint density at radius 3 is 2.82 bits per heavy atom. The van der Waals surface area contributed by atoms with Crippen LogP contribution in [0.3, 0.4) is 0 Å². The summed E-state index contributed by atoms with van der Waals surface area (Å²) in [6, 6.07) is 0.209. The third-order valence-electron chi connectivity index (χ3n) is 4.21. The Balaban J connectivity index is 1.94. The largest absolute Gasteiger partial charge is 0.391 e. The molecule has 1 saturated carbocycles. The maximum absolute atomic E-state index is 11.3. The van der Waals surface area contributed by atoms with E-state index in [0.29, 0.717) is 19.8 Å². The number of hydrogen-bond acceptors (Lipinski definition) is 4. The van der Waals surface area contributed by atoms with Crippen LogP contribution < -0.4 is 0 Å². The summed E-state index contributed by atoms with van der Waals surface area (Å²) in [5.74, 6) is 0. The fourth-order valence-corrected chi connectivity index (χ4v) is 3.10. The van der Waals surface area contributed by atoms with Crippen LogP contribution in [0.4, 0.5) is 0 Å². The van der Waals surface area contributed by atoms with E-state index in [2.05, 4.69) is 4.90 Å². The van der Waals surface area contributed by atoms with Gasteiger partial charge < -0.3 is 14.6 Å². The predicted molar refractivity (Wildman–Crippen MR) is 64.8 cm³/mol. The zero-order valence-electron chi connectivity index (χ0n) is 10.6. The highest BCUT2D eigenvalue weighted by Crippen LogP contribution is 2.30. The molecule has 4 nitrogen and oxygen atoms in total. The van der Waals surface area contributed by atoms with Gasteiger partial charge in [-0.25, -0.2) is 0 Å². The van der Waals surface area contributed by atoms with Gasteiger partial charge in [0.15, 0.2) is 0 Å². The summed E-state index contributed by atoms with van der Waals surface area (Å²) in [4.78, 5) is 13.4. The van der Waals surface area contributed by atoms with E-state index in [1.807, 2.05) is 7.05 Å². The summed E-state index contributed by atoms with van der Waals surface area (Å²) in [5.41, 5.74) is -0.341. The van der Waals surface area contributed by atoms with Gasteiger partial charge in [0.1, 0.15) is 6.29 Å². The van der Waals surface area contributed by atoms with E-state index >= 15 is 0 Å². The van der Waals surface area contributed by atoms with Crippen LogP contribution in [0.25, 0.3) is 0 Å². The number of aldehydes is 1. The van der Waals surface area contributed by atoms with E-state index in [0.717, 1.165) is 32.0 Å². The molecule has 2 fully saturated rings. The molecule has 0 aromatic rings. The molecular weight excluding hydrogens is 218 g/mol. The van der Waals surface area contributed by atoms with Crippen molar-refractivity contribution in [2.24, 2.45) is 5.41 Å². The summed E-state index contributed by atoms with van der Waals surface area (Å²) in [5, 5.41) is 10.0. The highest BCUT2D eigenvalue weighted by atomic mass is 16.5. The first-order valence-electron chi connectivity index (χ1n) is 6.59. The van der Waals surface area contributed by atoms with E-state index in [-0.39, 0.29) is 17.6 Å². The lowest BCUT2D eigenvalue weighted by Crippen LogP contribution is -2.48. The van der Waals surface area contributed by atoms with Gasteiger partial charge in [-0.3, -0.25) is 4.90 Å². The van der Waals surface area contributed by atoms with Crippen molar-refractivity contribution in [2.45, 2.75) is 44.2 Å². The van der Waals surface area contributed by atoms with Gasteiger partial charge in [-0.1, -0.05) is 12.8 Å². The molecule has 0 spiro atoms. The van der Waals surface area contributed by atoms with Crippen LogP contribution in [0.2, 0.25) is 0 Å². The number of aliphatic hydroxyl groups is 1. The fourth-order valence-electron chi connectivity index (χ4n) is 3.10. The first-order valence-corrected chi connectivity index (χ1v) is 6.59. The number of aliphatic hydroxyl groups excluding tert-OH is 1. The SMILES string of the molecule is CN(CC1(C=O)CCOC1)C1CCCCC1O. The monoisotopic (exact) mass is 241 g/mol. The van der Waals surface area contributed by atoms with Gasteiger partial charge in [0.05, 0.1) is 18.1 Å². The van der Waals surface area contributed by atoms with Gasteiger partial charge in [0.2, 0.25) is 0 Å². The maximum Gasteiger partial charge on any atom is 0.129 e. The molecule has 1 saturated heterocycles. The molecule has 3 unspecified atom stereocenters. The van der Waals surface area contributed by atoms with E-state index in [1.54, 1.807) is 0 Å². The van der Waals surface area contributed by atoms with Crippen LogP contribution in [-0.4, -0.2) is 55.2 Å².